The Hall–Kier alpha value is -3.27. The van der Waals surface area contributed by atoms with Crippen molar-refractivity contribution in [3.63, 3.8) is 0 Å². The Morgan fingerprint density at radius 3 is 1.77 bits per heavy atom. The van der Waals surface area contributed by atoms with Gasteiger partial charge in [0.05, 0.1) is 6.10 Å². The highest BCUT2D eigenvalue weighted by Gasteiger charge is 2.36. The molecule has 232 valence electrons. The van der Waals surface area contributed by atoms with Gasteiger partial charge in [0.25, 0.3) is 0 Å². The van der Waals surface area contributed by atoms with E-state index in [1.54, 1.807) is 0 Å². The molecule has 0 aromatic carbocycles. The maximum atomic E-state index is 12.2. The van der Waals surface area contributed by atoms with Crippen LogP contribution in [-0.2, 0) is 4.79 Å². The van der Waals surface area contributed by atoms with Gasteiger partial charge in [-0.3, -0.25) is 4.79 Å². The molecule has 3 atom stereocenters. The van der Waals surface area contributed by atoms with Crippen molar-refractivity contribution in [1.29, 1.82) is 0 Å². The molecular formula is C40H54O3. The maximum Gasteiger partial charge on any atom is 0.187 e. The van der Waals surface area contributed by atoms with Gasteiger partial charge < -0.3 is 10.2 Å². The molecule has 0 fully saturated rings. The summed E-state index contributed by atoms with van der Waals surface area (Å²) in [6.45, 7) is 20.8. The van der Waals surface area contributed by atoms with E-state index in [9.17, 15) is 15.0 Å². The minimum atomic E-state index is -0.898. The molecule has 2 rings (SSSR count). The molecule has 3 heteroatoms. The lowest BCUT2D eigenvalue weighted by Gasteiger charge is -2.38. The Balaban J connectivity index is 1.92. The van der Waals surface area contributed by atoms with Gasteiger partial charge in [-0.25, -0.2) is 0 Å². The summed E-state index contributed by atoms with van der Waals surface area (Å²) in [4.78, 5) is 12.2. The average Bonchev–Trinajstić information content (AvgIpc) is 2.88. The zero-order valence-electron chi connectivity index (χ0n) is 28.1. The van der Waals surface area contributed by atoms with E-state index in [4.69, 9.17) is 0 Å². The first-order valence-corrected chi connectivity index (χ1v) is 15.4. The topological polar surface area (TPSA) is 57.5 Å². The highest BCUT2D eigenvalue weighted by molar-refractivity contribution is 6.00. The summed E-state index contributed by atoms with van der Waals surface area (Å²) in [5.41, 5.74) is 7.29. The van der Waals surface area contributed by atoms with Crippen LogP contribution in [0.15, 0.2) is 130 Å². The van der Waals surface area contributed by atoms with Gasteiger partial charge in [0, 0.05) is 5.92 Å². The quantitative estimate of drug-likeness (QED) is 0.199. The normalized spacial score (nSPS) is 26.3. The minimum Gasteiger partial charge on any atom is -0.389 e. The van der Waals surface area contributed by atoms with Gasteiger partial charge in [0.15, 0.2) is 5.78 Å². The SMILES string of the molecule is CC1=C[C@H](O)CC(C)(C)[C@H]1/C=C/C(C)=C/C=C/C(C)=C/C=C/C=C(C)/C=C/C=C(C)/C=C/C1=C(C)C(=O)[C@H](O)CC1(C)C. The standard InChI is InChI=1S/C40H54O3/c1-28(17-13-19-30(3)21-23-35-32(5)25-34(41)26-39(35,7)8)15-11-12-16-29(2)18-14-20-31(4)22-24-36-33(6)38(43)37(42)27-40(36,9)10/h11-25,34-35,37,41-42H,26-27H2,1-10H3/b12-11+,17-13+,18-14+,23-21+,24-22+,28-15+,29-16+,30-19+,31-20+/t34-,35-,37+/m0/s1. The first kappa shape index (κ1) is 35.9. The van der Waals surface area contributed by atoms with Crippen molar-refractivity contribution in [3.05, 3.63) is 130 Å². The van der Waals surface area contributed by atoms with Crippen LogP contribution in [0.3, 0.4) is 0 Å². The molecule has 0 radical (unpaired) electrons. The van der Waals surface area contributed by atoms with Gasteiger partial charge in [-0.05, 0) is 76.4 Å². The number of rotatable bonds is 10. The van der Waals surface area contributed by atoms with Crippen LogP contribution in [0, 0.1) is 16.7 Å². The van der Waals surface area contributed by atoms with E-state index >= 15 is 0 Å². The van der Waals surface area contributed by atoms with Crippen LogP contribution in [0.5, 0.6) is 0 Å². The number of carbonyl (C=O) groups is 1. The lowest BCUT2D eigenvalue weighted by molar-refractivity contribution is -0.125. The summed E-state index contributed by atoms with van der Waals surface area (Å²) in [6.07, 6.45) is 31.2. The molecule has 0 spiro atoms. The molecule has 3 nitrogen and oxygen atoms in total. The first-order chi connectivity index (χ1) is 20.0. The Morgan fingerprint density at radius 2 is 1.23 bits per heavy atom. The summed E-state index contributed by atoms with van der Waals surface area (Å²) in [7, 11) is 0. The third-order valence-electron chi connectivity index (χ3n) is 8.36. The Labute approximate surface area is 261 Å². The third-order valence-corrected chi connectivity index (χ3v) is 8.36. The van der Waals surface area contributed by atoms with Gasteiger partial charge in [-0.2, -0.15) is 0 Å². The zero-order chi connectivity index (χ0) is 32.4. The van der Waals surface area contributed by atoms with Crippen LogP contribution < -0.4 is 0 Å². The number of Topliss-reactive ketones (excluding diaryl/α,β-unsaturated/α-hetero) is 1. The van der Waals surface area contributed by atoms with Crippen LogP contribution in [0.25, 0.3) is 0 Å². The summed E-state index contributed by atoms with van der Waals surface area (Å²) >= 11 is 0. The molecule has 2 N–H and O–H groups in total. The molecule has 0 heterocycles. The number of carbonyl (C=O) groups excluding carboxylic acids is 1. The van der Waals surface area contributed by atoms with Crippen LogP contribution in [0.4, 0.5) is 0 Å². The second kappa shape index (κ2) is 16.0. The van der Waals surface area contributed by atoms with E-state index in [0.29, 0.717) is 17.9 Å². The maximum absolute atomic E-state index is 12.2. The van der Waals surface area contributed by atoms with E-state index in [0.717, 1.165) is 23.1 Å². The van der Waals surface area contributed by atoms with Crippen molar-refractivity contribution in [2.75, 3.05) is 0 Å². The largest absolute Gasteiger partial charge is 0.389 e. The number of hydrogen-bond acceptors (Lipinski definition) is 3. The van der Waals surface area contributed by atoms with E-state index in [2.05, 4.69) is 110 Å². The lowest BCUT2D eigenvalue weighted by atomic mass is 9.67. The molecule has 0 saturated heterocycles. The van der Waals surface area contributed by atoms with Crippen molar-refractivity contribution in [3.8, 4) is 0 Å². The van der Waals surface area contributed by atoms with Gasteiger partial charge >= 0.3 is 0 Å². The fourth-order valence-corrected chi connectivity index (χ4v) is 5.89. The predicted octanol–water partition coefficient (Wildman–Crippen LogP) is 9.58. The highest BCUT2D eigenvalue weighted by atomic mass is 16.3. The van der Waals surface area contributed by atoms with E-state index in [1.165, 1.54) is 16.7 Å². The molecule has 0 aromatic heterocycles. The molecule has 0 unspecified atom stereocenters. The second-order valence-corrected chi connectivity index (χ2v) is 13.6. The van der Waals surface area contributed by atoms with Crippen molar-refractivity contribution in [1.82, 2.24) is 0 Å². The van der Waals surface area contributed by atoms with Crippen molar-refractivity contribution in [2.45, 2.75) is 94.3 Å². The average molecular weight is 583 g/mol. The number of allylic oxidation sites excluding steroid dienone is 20. The predicted molar refractivity (Wildman–Crippen MR) is 184 cm³/mol. The van der Waals surface area contributed by atoms with E-state index < -0.39 is 6.10 Å². The van der Waals surface area contributed by atoms with E-state index in [1.807, 2.05) is 50.3 Å². The molecule has 0 bridgehead atoms. The Morgan fingerprint density at radius 1 is 0.744 bits per heavy atom. The van der Waals surface area contributed by atoms with Gasteiger partial charge in [-0.1, -0.05) is 147 Å². The molecular weight excluding hydrogens is 528 g/mol. The molecule has 0 aromatic rings. The summed E-state index contributed by atoms with van der Waals surface area (Å²) in [5.74, 6) is 0.171. The smallest absolute Gasteiger partial charge is 0.187 e. The van der Waals surface area contributed by atoms with Crippen molar-refractivity contribution in [2.24, 2.45) is 16.7 Å². The number of aliphatic hydroxyl groups excluding tert-OH is 2. The van der Waals surface area contributed by atoms with Crippen LogP contribution in [0.1, 0.15) is 82.1 Å². The van der Waals surface area contributed by atoms with E-state index in [-0.39, 0.29) is 22.7 Å². The Kier molecular flexibility index (Phi) is 13.4. The number of hydrogen-bond donors (Lipinski definition) is 2. The van der Waals surface area contributed by atoms with Crippen LogP contribution >= 0.6 is 0 Å². The molecule has 0 aliphatic heterocycles. The fraction of sp³-hybridized carbons (Fsp3) is 0.425. The monoisotopic (exact) mass is 582 g/mol. The zero-order valence-corrected chi connectivity index (χ0v) is 28.1. The highest BCUT2D eigenvalue weighted by Crippen LogP contribution is 2.42. The third kappa shape index (κ3) is 11.4. The molecule has 2 aliphatic carbocycles. The van der Waals surface area contributed by atoms with Crippen LogP contribution in [0.2, 0.25) is 0 Å². The van der Waals surface area contributed by atoms with Gasteiger partial charge in [0.1, 0.15) is 6.10 Å². The first-order valence-electron chi connectivity index (χ1n) is 15.4. The minimum absolute atomic E-state index is 0.0473. The number of aliphatic hydroxyl groups is 2. The molecule has 43 heavy (non-hydrogen) atoms. The molecule has 0 amide bonds. The van der Waals surface area contributed by atoms with Crippen molar-refractivity contribution >= 4 is 5.78 Å². The summed E-state index contributed by atoms with van der Waals surface area (Å²) in [6, 6.07) is 0. The lowest BCUT2D eigenvalue weighted by Crippen LogP contribution is -2.35. The van der Waals surface area contributed by atoms with Crippen molar-refractivity contribution < 1.29 is 15.0 Å². The fourth-order valence-electron chi connectivity index (χ4n) is 5.89. The van der Waals surface area contributed by atoms with Crippen LogP contribution in [-0.4, -0.2) is 28.2 Å². The summed E-state index contributed by atoms with van der Waals surface area (Å²) < 4.78 is 0. The van der Waals surface area contributed by atoms with Gasteiger partial charge in [0.2, 0.25) is 0 Å². The molecule has 0 saturated carbocycles. The second-order valence-electron chi connectivity index (χ2n) is 13.6. The number of ketones is 1. The Bertz CT molecular complexity index is 1360. The summed E-state index contributed by atoms with van der Waals surface area (Å²) in [5, 5.41) is 20.1. The van der Waals surface area contributed by atoms with Gasteiger partial charge in [-0.15, -0.1) is 0 Å². The molecule has 2 aliphatic rings.